The number of methoxy groups -OCH3 is 1. The summed E-state index contributed by atoms with van der Waals surface area (Å²) in [7, 11) is 1.66. The Morgan fingerprint density at radius 2 is 2.10 bits per heavy atom. The van der Waals surface area contributed by atoms with Gasteiger partial charge in [-0.1, -0.05) is 29.4 Å². The highest BCUT2D eigenvalue weighted by molar-refractivity contribution is 5.95. The average Bonchev–Trinajstić information content (AvgIpc) is 2.76. The van der Waals surface area contributed by atoms with Crippen LogP contribution in [-0.4, -0.2) is 18.2 Å². The van der Waals surface area contributed by atoms with Crippen LogP contribution >= 0.6 is 0 Å². The summed E-state index contributed by atoms with van der Waals surface area (Å²) in [6, 6.07) is 7.92. The van der Waals surface area contributed by atoms with Gasteiger partial charge in [0, 0.05) is 13.7 Å². The third-order valence-electron chi connectivity index (χ3n) is 3.02. The standard InChI is InChI=1S/C15H18N2O3/c1-10-14(11(2)20-17-10)15(18)16-8-12-5-4-6-13(7-12)9-19-3/h4-7H,8-9H2,1-3H3,(H,16,18). The number of hydrogen-bond donors (Lipinski definition) is 1. The molecule has 2 rings (SSSR count). The Labute approximate surface area is 117 Å². The van der Waals surface area contributed by atoms with E-state index in [1.807, 2.05) is 24.3 Å². The Bertz CT molecular complexity index is 585. The Balaban J connectivity index is 2.02. The van der Waals surface area contributed by atoms with Crippen LogP contribution in [0.2, 0.25) is 0 Å². The van der Waals surface area contributed by atoms with Crippen molar-refractivity contribution in [1.29, 1.82) is 0 Å². The number of aromatic nitrogens is 1. The summed E-state index contributed by atoms with van der Waals surface area (Å²) < 4.78 is 10.1. The molecule has 0 saturated heterocycles. The molecule has 0 aliphatic carbocycles. The minimum Gasteiger partial charge on any atom is -0.380 e. The van der Waals surface area contributed by atoms with Crippen molar-refractivity contribution in [3.63, 3.8) is 0 Å². The van der Waals surface area contributed by atoms with E-state index in [-0.39, 0.29) is 5.91 Å². The maximum absolute atomic E-state index is 12.1. The highest BCUT2D eigenvalue weighted by atomic mass is 16.5. The quantitative estimate of drug-likeness (QED) is 0.909. The number of ether oxygens (including phenoxy) is 1. The van der Waals surface area contributed by atoms with Crippen molar-refractivity contribution in [1.82, 2.24) is 10.5 Å². The number of hydrogen-bond acceptors (Lipinski definition) is 4. The van der Waals surface area contributed by atoms with Gasteiger partial charge < -0.3 is 14.6 Å². The molecule has 0 atom stereocenters. The lowest BCUT2D eigenvalue weighted by Gasteiger charge is -2.07. The van der Waals surface area contributed by atoms with Crippen LogP contribution in [0.1, 0.15) is 32.9 Å². The van der Waals surface area contributed by atoms with Crippen molar-refractivity contribution < 1.29 is 14.1 Å². The van der Waals surface area contributed by atoms with E-state index in [0.717, 1.165) is 11.1 Å². The van der Waals surface area contributed by atoms with Crippen molar-refractivity contribution >= 4 is 5.91 Å². The first-order valence-electron chi connectivity index (χ1n) is 6.39. The first-order chi connectivity index (χ1) is 9.61. The second kappa shape index (κ2) is 6.34. The molecule has 1 amide bonds. The molecule has 0 radical (unpaired) electrons. The maximum Gasteiger partial charge on any atom is 0.257 e. The first kappa shape index (κ1) is 14.3. The Morgan fingerprint density at radius 1 is 1.35 bits per heavy atom. The SMILES string of the molecule is COCc1cccc(CNC(=O)c2c(C)noc2C)c1. The van der Waals surface area contributed by atoms with Gasteiger partial charge in [0.1, 0.15) is 11.3 Å². The van der Waals surface area contributed by atoms with Gasteiger partial charge in [-0.25, -0.2) is 0 Å². The molecule has 0 aliphatic heterocycles. The lowest BCUT2D eigenvalue weighted by atomic mass is 10.1. The lowest BCUT2D eigenvalue weighted by molar-refractivity contribution is 0.0949. The van der Waals surface area contributed by atoms with E-state index in [9.17, 15) is 4.79 Å². The van der Waals surface area contributed by atoms with Crippen LogP contribution in [0, 0.1) is 13.8 Å². The van der Waals surface area contributed by atoms with E-state index in [1.165, 1.54) is 0 Å². The molecule has 0 unspecified atom stereocenters. The van der Waals surface area contributed by atoms with Gasteiger partial charge in [0.15, 0.2) is 0 Å². The van der Waals surface area contributed by atoms with Crippen molar-refractivity contribution in [2.45, 2.75) is 27.0 Å². The van der Waals surface area contributed by atoms with Crippen LogP contribution in [-0.2, 0) is 17.9 Å². The molecular weight excluding hydrogens is 256 g/mol. The fourth-order valence-electron chi connectivity index (χ4n) is 2.07. The molecule has 0 aliphatic rings. The second-order valence-electron chi connectivity index (χ2n) is 4.63. The molecule has 0 spiro atoms. The number of benzene rings is 1. The molecule has 106 valence electrons. The highest BCUT2D eigenvalue weighted by Gasteiger charge is 2.16. The number of nitrogens with one attached hydrogen (secondary N) is 1. The van der Waals surface area contributed by atoms with Gasteiger partial charge in [-0.15, -0.1) is 0 Å². The Morgan fingerprint density at radius 3 is 2.75 bits per heavy atom. The fraction of sp³-hybridized carbons (Fsp3) is 0.333. The van der Waals surface area contributed by atoms with Crippen LogP contribution in [0.25, 0.3) is 0 Å². The minimum absolute atomic E-state index is 0.168. The van der Waals surface area contributed by atoms with Crippen molar-refractivity contribution in [3.05, 3.63) is 52.4 Å². The molecule has 1 aromatic carbocycles. The number of nitrogens with zero attached hydrogens (tertiary/aromatic N) is 1. The van der Waals surface area contributed by atoms with Crippen molar-refractivity contribution in [3.8, 4) is 0 Å². The highest BCUT2D eigenvalue weighted by Crippen LogP contribution is 2.12. The summed E-state index contributed by atoms with van der Waals surface area (Å²) in [5, 5.41) is 6.65. The topological polar surface area (TPSA) is 64.4 Å². The third kappa shape index (κ3) is 3.24. The van der Waals surface area contributed by atoms with Gasteiger partial charge >= 0.3 is 0 Å². The normalized spacial score (nSPS) is 10.6. The summed E-state index contributed by atoms with van der Waals surface area (Å²) in [6.07, 6.45) is 0. The molecule has 5 heteroatoms. The van der Waals surface area contributed by atoms with Crippen molar-refractivity contribution in [2.75, 3.05) is 7.11 Å². The largest absolute Gasteiger partial charge is 0.380 e. The van der Waals surface area contributed by atoms with Gasteiger partial charge in [-0.3, -0.25) is 4.79 Å². The van der Waals surface area contributed by atoms with Gasteiger partial charge in [0.25, 0.3) is 5.91 Å². The van der Waals surface area contributed by atoms with E-state index in [4.69, 9.17) is 9.26 Å². The van der Waals surface area contributed by atoms with Gasteiger partial charge in [-0.05, 0) is 25.0 Å². The molecule has 2 aromatic rings. The molecule has 1 heterocycles. The summed E-state index contributed by atoms with van der Waals surface area (Å²) in [6.45, 7) is 4.50. The lowest BCUT2D eigenvalue weighted by Crippen LogP contribution is -2.23. The Hall–Kier alpha value is -2.14. The third-order valence-corrected chi connectivity index (χ3v) is 3.02. The minimum atomic E-state index is -0.168. The number of rotatable bonds is 5. The smallest absolute Gasteiger partial charge is 0.257 e. The monoisotopic (exact) mass is 274 g/mol. The summed E-state index contributed by atoms with van der Waals surface area (Å²) in [5.41, 5.74) is 3.22. The molecule has 20 heavy (non-hydrogen) atoms. The van der Waals surface area contributed by atoms with E-state index in [1.54, 1.807) is 21.0 Å². The number of carbonyl (C=O) groups is 1. The first-order valence-corrected chi connectivity index (χ1v) is 6.39. The van der Waals surface area contributed by atoms with Crippen molar-refractivity contribution in [2.24, 2.45) is 0 Å². The molecule has 1 aromatic heterocycles. The molecule has 1 N–H and O–H groups in total. The summed E-state index contributed by atoms with van der Waals surface area (Å²) >= 11 is 0. The summed E-state index contributed by atoms with van der Waals surface area (Å²) in [5.74, 6) is 0.367. The van der Waals surface area contributed by atoms with Crippen LogP contribution < -0.4 is 5.32 Å². The van der Waals surface area contributed by atoms with E-state index in [2.05, 4.69) is 10.5 Å². The number of carbonyl (C=O) groups excluding carboxylic acids is 1. The predicted octanol–water partition coefficient (Wildman–Crippen LogP) is 2.37. The zero-order valence-electron chi connectivity index (χ0n) is 11.9. The van der Waals surface area contributed by atoms with Gasteiger partial charge in [0.2, 0.25) is 0 Å². The van der Waals surface area contributed by atoms with E-state index < -0.39 is 0 Å². The zero-order chi connectivity index (χ0) is 14.5. The average molecular weight is 274 g/mol. The van der Waals surface area contributed by atoms with Crippen LogP contribution in [0.15, 0.2) is 28.8 Å². The van der Waals surface area contributed by atoms with Gasteiger partial charge in [-0.2, -0.15) is 0 Å². The summed E-state index contributed by atoms with van der Waals surface area (Å²) in [4.78, 5) is 12.1. The fourth-order valence-corrected chi connectivity index (χ4v) is 2.07. The van der Waals surface area contributed by atoms with Crippen LogP contribution in [0.4, 0.5) is 0 Å². The molecular formula is C15H18N2O3. The molecule has 0 saturated carbocycles. The molecule has 5 nitrogen and oxygen atoms in total. The second-order valence-corrected chi connectivity index (χ2v) is 4.63. The number of amides is 1. The molecule has 0 fully saturated rings. The van der Waals surface area contributed by atoms with Crippen LogP contribution in [0.5, 0.6) is 0 Å². The number of aryl methyl sites for hydroxylation is 2. The van der Waals surface area contributed by atoms with E-state index >= 15 is 0 Å². The van der Waals surface area contributed by atoms with Gasteiger partial charge in [0.05, 0.1) is 12.3 Å². The van der Waals surface area contributed by atoms with E-state index in [0.29, 0.717) is 30.2 Å². The van der Waals surface area contributed by atoms with Crippen LogP contribution in [0.3, 0.4) is 0 Å². The maximum atomic E-state index is 12.1. The molecule has 0 bridgehead atoms. The zero-order valence-corrected chi connectivity index (χ0v) is 11.9. The predicted molar refractivity (Wildman–Crippen MR) is 74.3 cm³/mol. The Kier molecular flexibility index (Phi) is 4.53.